The molecule has 98 valence electrons. The molecule has 2 N–H and O–H groups in total. The van der Waals surface area contributed by atoms with Crippen molar-refractivity contribution in [2.75, 3.05) is 19.8 Å². The molecule has 5 heteroatoms. The van der Waals surface area contributed by atoms with Gasteiger partial charge in [0.05, 0.1) is 0 Å². The van der Waals surface area contributed by atoms with E-state index in [0.717, 1.165) is 19.3 Å². The predicted octanol–water partition coefficient (Wildman–Crippen LogP) is 1.03. The van der Waals surface area contributed by atoms with Gasteiger partial charge in [0.25, 0.3) is 0 Å². The highest BCUT2D eigenvalue weighted by atomic mass is 16.5. The van der Waals surface area contributed by atoms with Crippen LogP contribution in [0, 0.1) is 11.8 Å². The van der Waals surface area contributed by atoms with E-state index in [1.54, 1.807) is 0 Å². The first-order valence-corrected chi connectivity index (χ1v) is 6.20. The summed E-state index contributed by atoms with van der Waals surface area (Å²) in [4.78, 5) is 22.4. The number of hydrogen-bond donors (Lipinski definition) is 2. The molecule has 0 aromatic heterocycles. The van der Waals surface area contributed by atoms with E-state index in [1.165, 1.54) is 0 Å². The van der Waals surface area contributed by atoms with Gasteiger partial charge in [0, 0.05) is 32.1 Å². The first kappa shape index (κ1) is 14.0. The van der Waals surface area contributed by atoms with Gasteiger partial charge in [-0.05, 0) is 18.8 Å². The Morgan fingerprint density at radius 3 is 2.59 bits per heavy atom. The second-order valence-electron chi connectivity index (χ2n) is 4.50. The highest BCUT2D eigenvalue weighted by molar-refractivity contribution is 5.78. The first-order chi connectivity index (χ1) is 8.13. The number of amides is 1. The molecule has 1 aliphatic heterocycles. The van der Waals surface area contributed by atoms with Gasteiger partial charge in [-0.1, -0.05) is 13.3 Å². The molecule has 1 heterocycles. The topological polar surface area (TPSA) is 75.6 Å². The third-order valence-electron chi connectivity index (χ3n) is 3.20. The molecule has 1 rings (SSSR count). The van der Waals surface area contributed by atoms with Crippen LogP contribution in [0.1, 0.15) is 32.6 Å². The molecule has 0 saturated carbocycles. The Bertz CT molecular complexity index is 261. The van der Waals surface area contributed by atoms with Gasteiger partial charge in [-0.15, -0.1) is 0 Å². The molecule has 0 bridgehead atoms. The van der Waals surface area contributed by atoms with E-state index in [-0.39, 0.29) is 24.2 Å². The van der Waals surface area contributed by atoms with Gasteiger partial charge < -0.3 is 15.2 Å². The van der Waals surface area contributed by atoms with E-state index >= 15 is 0 Å². The van der Waals surface area contributed by atoms with Crippen molar-refractivity contribution in [1.82, 2.24) is 5.32 Å². The molecule has 0 radical (unpaired) electrons. The number of hydrogen-bond acceptors (Lipinski definition) is 3. The number of aliphatic carboxylic acids is 1. The third kappa shape index (κ3) is 5.17. The fourth-order valence-corrected chi connectivity index (χ4v) is 1.96. The zero-order valence-electron chi connectivity index (χ0n) is 10.3. The van der Waals surface area contributed by atoms with Crippen LogP contribution < -0.4 is 5.32 Å². The summed E-state index contributed by atoms with van der Waals surface area (Å²) in [5, 5.41) is 11.6. The van der Waals surface area contributed by atoms with Gasteiger partial charge in [0.2, 0.25) is 5.91 Å². The van der Waals surface area contributed by atoms with E-state index in [0.29, 0.717) is 19.8 Å². The summed E-state index contributed by atoms with van der Waals surface area (Å²) in [7, 11) is 0. The maximum atomic E-state index is 11.8. The molecule has 1 unspecified atom stereocenters. The SMILES string of the molecule is CCC(CNC(=O)C1CCOCC1)CC(=O)O. The molecule has 0 aliphatic carbocycles. The number of carbonyl (C=O) groups is 2. The quantitative estimate of drug-likeness (QED) is 0.730. The largest absolute Gasteiger partial charge is 0.481 e. The number of nitrogens with one attached hydrogen (secondary N) is 1. The molecule has 0 spiro atoms. The Hall–Kier alpha value is -1.10. The average molecular weight is 243 g/mol. The minimum Gasteiger partial charge on any atom is -0.481 e. The van der Waals surface area contributed by atoms with Crippen molar-refractivity contribution in [3.8, 4) is 0 Å². The Labute approximate surface area is 102 Å². The lowest BCUT2D eigenvalue weighted by atomic mass is 9.98. The van der Waals surface area contributed by atoms with Gasteiger partial charge >= 0.3 is 5.97 Å². The minimum atomic E-state index is -0.808. The van der Waals surface area contributed by atoms with Crippen LogP contribution in [-0.2, 0) is 14.3 Å². The van der Waals surface area contributed by atoms with E-state index < -0.39 is 5.97 Å². The van der Waals surface area contributed by atoms with E-state index in [4.69, 9.17) is 9.84 Å². The van der Waals surface area contributed by atoms with E-state index in [1.807, 2.05) is 6.92 Å². The zero-order chi connectivity index (χ0) is 12.7. The van der Waals surface area contributed by atoms with Crippen molar-refractivity contribution in [2.24, 2.45) is 11.8 Å². The van der Waals surface area contributed by atoms with Crippen LogP contribution in [-0.4, -0.2) is 36.7 Å². The van der Waals surface area contributed by atoms with Crippen molar-refractivity contribution in [3.63, 3.8) is 0 Å². The average Bonchev–Trinajstić information content (AvgIpc) is 2.34. The van der Waals surface area contributed by atoms with Crippen molar-refractivity contribution in [2.45, 2.75) is 32.6 Å². The highest BCUT2D eigenvalue weighted by Crippen LogP contribution is 2.15. The van der Waals surface area contributed by atoms with Crippen LogP contribution >= 0.6 is 0 Å². The smallest absolute Gasteiger partial charge is 0.303 e. The summed E-state index contributed by atoms with van der Waals surface area (Å²) in [6, 6.07) is 0. The number of carboxylic acid groups (broad SMARTS) is 1. The van der Waals surface area contributed by atoms with Crippen molar-refractivity contribution in [1.29, 1.82) is 0 Å². The molecular formula is C12H21NO4. The standard InChI is InChI=1S/C12H21NO4/c1-2-9(7-11(14)15)8-13-12(16)10-3-5-17-6-4-10/h9-10H,2-8H2,1H3,(H,13,16)(H,14,15). The lowest BCUT2D eigenvalue weighted by Crippen LogP contribution is -2.37. The molecule has 1 saturated heterocycles. The third-order valence-corrected chi connectivity index (χ3v) is 3.20. The molecule has 1 aliphatic rings. The number of carbonyl (C=O) groups excluding carboxylic acids is 1. The number of carboxylic acids is 1. The monoisotopic (exact) mass is 243 g/mol. The van der Waals surface area contributed by atoms with Crippen LogP contribution in [0.15, 0.2) is 0 Å². The van der Waals surface area contributed by atoms with E-state index in [2.05, 4.69) is 5.32 Å². The molecule has 1 fully saturated rings. The summed E-state index contributed by atoms with van der Waals surface area (Å²) >= 11 is 0. The molecule has 1 atom stereocenters. The molecular weight excluding hydrogens is 222 g/mol. The molecule has 0 aromatic rings. The van der Waals surface area contributed by atoms with Crippen LogP contribution in [0.25, 0.3) is 0 Å². The summed E-state index contributed by atoms with van der Waals surface area (Å²) < 4.78 is 5.19. The molecule has 5 nitrogen and oxygen atoms in total. The van der Waals surface area contributed by atoms with Crippen LogP contribution in [0.5, 0.6) is 0 Å². The Kier molecular flexibility index (Phi) is 5.97. The Morgan fingerprint density at radius 1 is 1.41 bits per heavy atom. The number of rotatable bonds is 6. The molecule has 0 aromatic carbocycles. The van der Waals surface area contributed by atoms with Crippen LogP contribution in [0.4, 0.5) is 0 Å². The van der Waals surface area contributed by atoms with Gasteiger partial charge in [0.15, 0.2) is 0 Å². The van der Waals surface area contributed by atoms with Crippen LogP contribution in [0.3, 0.4) is 0 Å². The van der Waals surface area contributed by atoms with Crippen LogP contribution in [0.2, 0.25) is 0 Å². The highest BCUT2D eigenvalue weighted by Gasteiger charge is 2.22. The second kappa shape index (κ2) is 7.27. The van der Waals surface area contributed by atoms with Crippen molar-refractivity contribution >= 4 is 11.9 Å². The maximum absolute atomic E-state index is 11.8. The van der Waals surface area contributed by atoms with Gasteiger partial charge in [-0.2, -0.15) is 0 Å². The first-order valence-electron chi connectivity index (χ1n) is 6.20. The predicted molar refractivity (Wildman–Crippen MR) is 62.6 cm³/mol. The van der Waals surface area contributed by atoms with E-state index in [9.17, 15) is 9.59 Å². The van der Waals surface area contributed by atoms with Crippen molar-refractivity contribution in [3.05, 3.63) is 0 Å². The van der Waals surface area contributed by atoms with Gasteiger partial charge in [-0.25, -0.2) is 0 Å². The zero-order valence-corrected chi connectivity index (χ0v) is 10.3. The van der Waals surface area contributed by atoms with Crippen molar-refractivity contribution < 1.29 is 19.4 Å². The van der Waals surface area contributed by atoms with Gasteiger partial charge in [-0.3, -0.25) is 9.59 Å². The maximum Gasteiger partial charge on any atom is 0.303 e. The molecule has 1 amide bonds. The molecule has 17 heavy (non-hydrogen) atoms. The Morgan fingerprint density at radius 2 is 2.06 bits per heavy atom. The lowest BCUT2D eigenvalue weighted by molar-refractivity contribution is -0.138. The summed E-state index contributed by atoms with van der Waals surface area (Å²) in [6.45, 7) is 3.68. The Balaban J connectivity index is 2.27. The fourth-order valence-electron chi connectivity index (χ4n) is 1.96. The second-order valence-corrected chi connectivity index (χ2v) is 4.50. The summed E-state index contributed by atoms with van der Waals surface area (Å²) in [5.74, 6) is -0.711. The number of ether oxygens (including phenoxy) is 1. The normalized spacial score (nSPS) is 18.6. The lowest BCUT2D eigenvalue weighted by Gasteiger charge is -2.22. The van der Waals surface area contributed by atoms with Gasteiger partial charge in [0.1, 0.15) is 0 Å². The minimum absolute atomic E-state index is 0.0243. The summed E-state index contributed by atoms with van der Waals surface area (Å²) in [5.41, 5.74) is 0. The fraction of sp³-hybridized carbons (Fsp3) is 0.833. The summed E-state index contributed by atoms with van der Waals surface area (Å²) in [6.07, 6.45) is 2.41.